The average Bonchev–Trinajstić information content (AvgIpc) is 1.51. The minimum atomic E-state index is -0.513. The molecule has 4 aliphatic rings. The molecule has 97 heavy (non-hydrogen) atoms. The first-order chi connectivity index (χ1) is 47.9. The first kappa shape index (κ1) is 57.3. The van der Waals surface area contributed by atoms with Crippen LogP contribution in [0.15, 0.2) is 334 Å². The maximum Gasteiger partial charge on any atom is 0.0725 e. The van der Waals surface area contributed by atoms with Crippen LogP contribution in [-0.2, 0) is 10.8 Å². The summed E-state index contributed by atoms with van der Waals surface area (Å²) in [5, 5.41) is 3.96. The van der Waals surface area contributed by atoms with Gasteiger partial charge in [0.1, 0.15) is 0 Å². The summed E-state index contributed by atoms with van der Waals surface area (Å²) in [6.07, 6.45) is 14.7. The number of allylic oxidation sites excluding steroid dienone is 5. The molecule has 0 aliphatic heterocycles. The summed E-state index contributed by atoms with van der Waals surface area (Å²) in [6.45, 7) is 4.78. The third-order valence-corrected chi connectivity index (χ3v) is 23.8. The first-order valence-electron chi connectivity index (χ1n) is 34.0. The van der Waals surface area contributed by atoms with E-state index in [1.807, 2.05) is 22.7 Å². The van der Waals surface area contributed by atoms with E-state index in [0.717, 1.165) is 46.1 Å². The molecule has 0 saturated heterocycles. The van der Waals surface area contributed by atoms with E-state index in [2.05, 4.69) is 363 Å². The van der Waals surface area contributed by atoms with Crippen LogP contribution in [0.3, 0.4) is 0 Å². The number of fused-ring (bicyclic) bond motifs is 16. The van der Waals surface area contributed by atoms with Gasteiger partial charge in [0.05, 0.1) is 5.41 Å². The highest BCUT2D eigenvalue weighted by molar-refractivity contribution is 7.26. The van der Waals surface area contributed by atoms with Gasteiger partial charge in [0.25, 0.3) is 0 Å². The highest BCUT2D eigenvalue weighted by Crippen LogP contribution is 2.64. The molecule has 3 unspecified atom stereocenters. The lowest BCUT2D eigenvalue weighted by atomic mass is 9.70. The van der Waals surface area contributed by atoms with Crippen molar-refractivity contribution >= 4 is 93.1 Å². The van der Waals surface area contributed by atoms with Crippen molar-refractivity contribution in [2.75, 3.05) is 9.80 Å². The van der Waals surface area contributed by atoms with Gasteiger partial charge in [0.2, 0.25) is 0 Å². The second-order valence-electron chi connectivity index (χ2n) is 26.8. The lowest BCUT2D eigenvalue weighted by Crippen LogP contribution is -2.25. The highest BCUT2D eigenvalue weighted by atomic mass is 32.1. The molecule has 0 saturated carbocycles. The van der Waals surface area contributed by atoms with Gasteiger partial charge in [-0.3, -0.25) is 0 Å². The Morgan fingerprint density at radius 2 is 0.866 bits per heavy atom. The Morgan fingerprint density at radius 1 is 0.371 bits per heavy atom. The Bertz CT molecular complexity index is 5660. The highest BCUT2D eigenvalue weighted by Gasteiger charge is 2.52. The number of hydrogen-bond donors (Lipinski definition) is 0. The number of benzene rings is 13. The maximum absolute atomic E-state index is 2.52. The molecule has 2 nitrogen and oxygen atoms in total. The lowest BCUT2D eigenvalue weighted by molar-refractivity contribution is 0.582. The molecule has 13 aromatic carbocycles. The zero-order chi connectivity index (χ0) is 64.3. The topological polar surface area (TPSA) is 6.48 Å². The first-order valence-corrected chi connectivity index (χ1v) is 35.6. The van der Waals surface area contributed by atoms with Crippen molar-refractivity contribution in [1.82, 2.24) is 0 Å². The van der Waals surface area contributed by atoms with E-state index in [9.17, 15) is 0 Å². The molecule has 2 aromatic heterocycles. The average molecular weight is 1280 g/mol. The number of hydrogen-bond acceptors (Lipinski definition) is 4. The molecule has 0 N–H and O–H groups in total. The van der Waals surface area contributed by atoms with E-state index in [0.29, 0.717) is 5.92 Å². The summed E-state index contributed by atoms with van der Waals surface area (Å²) in [5.74, 6) is 0.658. The molecule has 0 bridgehead atoms. The molecular weight excluding hydrogens is 1210 g/mol. The van der Waals surface area contributed by atoms with Gasteiger partial charge in [-0.05, 0) is 203 Å². The van der Waals surface area contributed by atoms with Gasteiger partial charge in [0.15, 0.2) is 0 Å². The van der Waals surface area contributed by atoms with Crippen molar-refractivity contribution in [3.63, 3.8) is 0 Å². The SMILES string of the molecule is CC1C=CC=CC1c1ccc(N(c2ccc(C3(C)CC=Cc4sc5ccccc5c43)cc2)c2cc(-c3cccc4c3-c3ccccc3C43c4ccccc4-c4ccccc43)cc(N(c3ccc(-c4ccccc4)cc3)c3ccc(-c4cccc5sc6ccccc6c45)cc3)c2)cc1. The van der Waals surface area contributed by atoms with Gasteiger partial charge in [0, 0.05) is 75.2 Å². The summed E-state index contributed by atoms with van der Waals surface area (Å²) < 4.78 is 3.94. The standard InChI is InChI=1S/C93H66N2S2/c1-60-21-6-7-24-73(60)63-42-50-68(51-43-63)95(70-54-46-66(47-55-70)92(2)56-20-39-88-91(92)80-29-12-17-37-86(80)97-88)72-58-65(75-30-18-35-84-89(75)78-27-10-15-34-83(78)93(84)81-32-13-8-25-76(81)77-26-9-14-33-82(77)93)57-71(59-72)94(67-48-40-62(41-49-67)61-22-4-3-5-23-61)69-52-44-64(45-53-69)74-31-19-38-87-90(74)79-28-11-16-36-85(79)96-87/h3-55,57-60,73H,56H2,1-2H3. The van der Waals surface area contributed by atoms with Crippen LogP contribution >= 0.6 is 22.7 Å². The van der Waals surface area contributed by atoms with E-state index >= 15 is 0 Å². The fraction of sp³-hybridized carbons (Fsp3) is 0.0753. The minimum Gasteiger partial charge on any atom is -0.310 e. The second kappa shape index (κ2) is 22.8. The Morgan fingerprint density at radius 3 is 1.54 bits per heavy atom. The van der Waals surface area contributed by atoms with E-state index in [4.69, 9.17) is 0 Å². The van der Waals surface area contributed by atoms with Crippen LogP contribution in [0.5, 0.6) is 0 Å². The van der Waals surface area contributed by atoms with Crippen LogP contribution in [0.2, 0.25) is 0 Å². The number of nitrogens with zero attached hydrogens (tertiary/aromatic N) is 2. The van der Waals surface area contributed by atoms with Crippen LogP contribution in [-0.4, -0.2) is 0 Å². The molecule has 19 rings (SSSR count). The van der Waals surface area contributed by atoms with E-state index in [1.54, 1.807) is 0 Å². The fourth-order valence-electron chi connectivity index (χ4n) is 17.0. The van der Waals surface area contributed by atoms with Crippen LogP contribution in [0, 0.1) is 5.92 Å². The summed E-state index contributed by atoms with van der Waals surface area (Å²) in [5.41, 5.74) is 27.2. The second-order valence-corrected chi connectivity index (χ2v) is 29.0. The summed E-state index contributed by atoms with van der Waals surface area (Å²) in [7, 11) is 0. The summed E-state index contributed by atoms with van der Waals surface area (Å²) >= 11 is 3.77. The van der Waals surface area contributed by atoms with E-state index in [1.165, 1.54) is 124 Å². The van der Waals surface area contributed by atoms with Crippen molar-refractivity contribution in [3.05, 3.63) is 378 Å². The van der Waals surface area contributed by atoms with Gasteiger partial charge in [-0.25, -0.2) is 0 Å². The predicted octanol–water partition coefficient (Wildman–Crippen LogP) is 26.1. The Hall–Kier alpha value is -11.1. The Balaban J connectivity index is 0.851. The van der Waals surface area contributed by atoms with Crippen LogP contribution in [0.25, 0.3) is 92.0 Å². The van der Waals surface area contributed by atoms with Crippen molar-refractivity contribution in [1.29, 1.82) is 0 Å². The Kier molecular flexibility index (Phi) is 13.5. The summed E-state index contributed by atoms with van der Waals surface area (Å²) in [4.78, 5) is 6.36. The third kappa shape index (κ3) is 9.04. The summed E-state index contributed by atoms with van der Waals surface area (Å²) in [6, 6.07) is 115. The van der Waals surface area contributed by atoms with Gasteiger partial charge in [-0.15, -0.1) is 22.7 Å². The normalized spacial score (nSPS) is 16.7. The molecule has 4 heteroatoms. The van der Waals surface area contributed by atoms with Crippen LogP contribution < -0.4 is 9.80 Å². The van der Waals surface area contributed by atoms with Gasteiger partial charge < -0.3 is 9.80 Å². The predicted molar refractivity (Wildman–Crippen MR) is 413 cm³/mol. The van der Waals surface area contributed by atoms with Crippen molar-refractivity contribution < 1.29 is 0 Å². The van der Waals surface area contributed by atoms with Crippen LogP contribution in [0.1, 0.15) is 70.0 Å². The number of thiophene rings is 2. The molecule has 0 amide bonds. The number of anilines is 6. The zero-order valence-corrected chi connectivity index (χ0v) is 55.5. The van der Waals surface area contributed by atoms with Crippen LogP contribution in [0.4, 0.5) is 34.1 Å². The number of rotatable bonds is 11. The molecule has 3 atom stereocenters. The Labute approximate surface area is 575 Å². The van der Waals surface area contributed by atoms with E-state index in [-0.39, 0.29) is 11.3 Å². The van der Waals surface area contributed by atoms with E-state index < -0.39 is 5.41 Å². The molecule has 0 radical (unpaired) electrons. The smallest absolute Gasteiger partial charge is 0.0725 e. The third-order valence-electron chi connectivity index (χ3n) is 21.5. The largest absolute Gasteiger partial charge is 0.310 e. The molecule has 15 aromatic rings. The van der Waals surface area contributed by atoms with Gasteiger partial charge in [-0.2, -0.15) is 0 Å². The van der Waals surface area contributed by atoms with Crippen molar-refractivity contribution in [2.45, 2.75) is 37.0 Å². The van der Waals surface area contributed by atoms with Crippen molar-refractivity contribution in [3.8, 4) is 55.6 Å². The molecule has 0 fully saturated rings. The quantitative estimate of drug-likeness (QED) is 0.127. The van der Waals surface area contributed by atoms with Gasteiger partial charge >= 0.3 is 0 Å². The van der Waals surface area contributed by atoms with Gasteiger partial charge in [-0.1, -0.05) is 263 Å². The maximum atomic E-state index is 2.52. The molecule has 2 heterocycles. The lowest BCUT2D eigenvalue weighted by Gasteiger charge is -2.34. The monoisotopic (exact) mass is 1270 g/mol. The molecular formula is C93H66N2S2. The fourth-order valence-corrected chi connectivity index (χ4v) is 19.4. The zero-order valence-electron chi connectivity index (χ0n) is 53.9. The minimum absolute atomic E-state index is 0.224. The molecule has 4 aliphatic carbocycles. The molecule has 460 valence electrons. The molecule has 1 spiro atoms. The van der Waals surface area contributed by atoms with Crippen molar-refractivity contribution in [2.24, 2.45) is 5.92 Å².